The fourth-order valence-corrected chi connectivity index (χ4v) is 20.2. The first-order valence-electron chi connectivity index (χ1n) is 22.2. The van der Waals surface area contributed by atoms with Gasteiger partial charge in [0, 0.05) is 0 Å². The van der Waals surface area contributed by atoms with Gasteiger partial charge in [0.25, 0.3) is 0 Å². The smallest absolute Gasteiger partial charge is 0.303 e. The van der Waals surface area contributed by atoms with E-state index in [0.717, 1.165) is 128 Å². The van der Waals surface area contributed by atoms with Gasteiger partial charge < -0.3 is 27.1 Å². The van der Waals surface area contributed by atoms with Crippen molar-refractivity contribution in [1.82, 2.24) is 0 Å². The molecule has 0 aromatic heterocycles. The van der Waals surface area contributed by atoms with E-state index in [1.807, 2.05) is 0 Å². The normalized spacial score (nSPS) is 44.3. The van der Waals surface area contributed by atoms with Gasteiger partial charge in [-0.15, -0.1) is 13.5 Å². The average Bonchev–Trinajstić information content (AvgIpc) is 3.13. The quantitative estimate of drug-likeness (QED) is 0.183. The lowest BCUT2D eigenvalue weighted by molar-refractivity contribution is 0.0720. The zero-order chi connectivity index (χ0) is 36.0. The second kappa shape index (κ2) is 18.8. The lowest BCUT2D eigenvalue weighted by Crippen LogP contribution is -2.26. The van der Waals surface area contributed by atoms with Crippen LogP contribution in [0.2, 0.25) is 0 Å². The van der Waals surface area contributed by atoms with Crippen LogP contribution in [-0.2, 0) is 27.1 Å². The summed E-state index contributed by atoms with van der Waals surface area (Å²) in [6.45, 7) is 9.48. The molecule has 1 heterocycles. The molecule has 0 bridgehead atoms. The highest BCUT2D eigenvalue weighted by molar-refractivity contribution is 7.78. The summed E-state index contributed by atoms with van der Waals surface area (Å²) in [4.78, 5) is 0. The van der Waals surface area contributed by atoms with E-state index in [1.165, 1.54) is 38.5 Å². The van der Waals surface area contributed by atoms with Crippen molar-refractivity contribution in [2.45, 2.75) is 231 Å². The number of nitrogens with zero attached hydrogens (tertiary/aromatic N) is 3. The van der Waals surface area contributed by atoms with Crippen LogP contribution in [0, 0.1) is 23.7 Å². The number of rotatable bonds is 12. The number of hydrogen-bond acceptors (Lipinski definition) is 9. The molecule has 0 spiro atoms. The fourth-order valence-electron chi connectivity index (χ4n) is 9.66. The minimum Gasteiger partial charge on any atom is -0.303 e. The summed E-state index contributed by atoms with van der Waals surface area (Å²) in [6, 6.07) is 0. The first-order valence-corrected chi connectivity index (χ1v) is 26.8. The molecule has 52 heavy (non-hydrogen) atoms. The van der Waals surface area contributed by atoms with E-state index in [1.54, 1.807) is 0 Å². The summed E-state index contributed by atoms with van der Waals surface area (Å²) >= 11 is 0. The molecule has 7 rings (SSSR count). The van der Waals surface area contributed by atoms with Crippen molar-refractivity contribution in [3.05, 3.63) is 0 Å². The minimum absolute atomic E-state index is 0.0388. The van der Waals surface area contributed by atoms with Gasteiger partial charge in [0.05, 0.1) is 36.6 Å². The highest BCUT2D eigenvalue weighted by Gasteiger charge is 2.49. The van der Waals surface area contributed by atoms with E-state index >= 15 is 0 Å². The minimum atomic E-state index is -3.35. The Morgan fingerprint density at radius 1 is 0.269 bits per heavy atom. The zero-order valence-electron chi connectivity index (χ0n) is 33.3. The Morgan fingerprint density at radius 2 is 0.462 bits per heavy atom. The fraction of sp³-hybridized carbons (Fsp3) is 1.00. The largest absolute Gasteiger partial charge is 0.349 e. The van der Waals surface area contributed by atoms with Gasteiger partial charge in [-0.3, -0.25) is 0 Å². The monoisotopic (exact) mass is 785 g/mol. The predicted molar refractivity (Wildman–Crippen MR) is 214 cm³/mol. The van der Waals surface area contributed by atoms with Gasteiger partial charge >= 0.3 is 23.0 Å². The molecule has 6 aliphatic carbocycles. The molecule has 0 amide bonds. The Hall–Kier alpha value is 0.450. The highest BCUT2D eigenvalue weighted by atomic mass is 31.3. The average molecular weight is 786 g/mol. The maximum absolute atomic E-state index is 7.43. The van der Waals surface area contributed by atoms with Gasteiger partial charge in [-0.2, -0.15) is 0 Å². The molecule has 0 saturated heterocycles. The van der Waals surface area contributed by atoms with Crippen molar-refractivity contribution in [3.63, 3.8) is 0 Å². The molecule has 300 valence electrons. The van der Waals surface area contributed by atoms with Gasteiger partial charge in [0.1, 0.15) is 0 Å². The van der Waals surface area contributed by atoms with Crippen LogP contribution in [0.3, 0.4) is 0 Å². The third kappa shape index (κ3) is 11.3. The predicted octanol–water partition coefficient (Wildman–Crippen LogP) is 14.9. The Labute approximate surface area is 317 Å². The van der Waals surface area contributed by atoms with E-state index in [0.29, 0.717) is 23.7 Å². The topological polar surface area (TPSA) is 92.5 Å². The molecule has 0 aromatic carbocycles. The second-order valence-electron chi connectivity index (χ2n) is 18.4. The molecule has 0 N–H and O–H groups in total. The van der Waals surface area contributed by atoms with E-state index in [-0.39, 0.29) is 36.6 Å². The van der Waals surface area contributed by atoms with E-state index in [9.17, 15) is 0 Å². The molecule has 2 atom stereocenters. The van der Waals surface area contributed by atoms with Crippen molar-refractivity contribution in [1.29, 1.82) is 0 Å². The van der Waals surface area contributed by atoms with Crippen LogP contribution >= 0.6 is 23.0 Å². The van der Waals surface area contributed by atoms with Crippen molar-refractivity contribution < 1.29 is 27.1 Å². The second-order valence-corrected chi connectivity index (χ2v) is 24.8. The third-order valence-corrected chi connectivity index (χ3v) is 22.2. The first kappa shape index (κ1) is 40.6. The van der Waals surface area contributed by atoms with Gasteiger partial charge in [0.2, 0.25) is 0 Å². The SMILES string of the molecule is CC1CCC(OP2(OC3CCCCC3)=NP(OC3CCCCC3)(OC3CCC(C)CC3)=NP(OC3CCC(C)CC3)(OC3CCC(C)CC3)=N2)CC1. The zero-order valence-corrected chi connectivity index (χ0v) is 36.0. The summed E-state index contributed by atoms with van der Waals surface area (Å²) in [6.07, 6.45) is 28.7. The van der Waals surface area contributed by atoms with Crippen LogP contribution in [0.1, 0.15) is 195 Å². The van der Waals surface area contributed by atoms with Crippen LogP contribution in [0.15, 0.2) is 13.5 Å². The molecule has 6 fully saturated rings. The Balaban J connectivity index is 1.38. The molecule has 7 aliphatic rings. The van der Waals surface area contributed by atoms with E-state index in [2.05, 4.69) is 27.7 Å². The van der Waals surface area contributed by atoms with Crippen LogP contribution in [0.4, 0.5) is 0 Å². The Morgan fingerprint density at radius 3 is 0.673 bits per heavy atom. The Kier molecular flexibility index (Phi) is 14.7. The highest BCUT2D eigenvalue weighted by Crippen LogP contribution is 2.83. The number of hydrogen-bond donors (Lipinski definition) is 0. The van der Waals surface area contributed by atoms with Gasteiger partial charge in [-0.1, -0.05) is 66.2 Å². The standard InChI is InChI=1S/C40H74N3O6P3/c1-31-15-23-37(24-16-31)46-50(44-35-11-7-5-8-12-35)41-51(45-36-13-9-6-10-14-36,47-38-25-17-32(2)18-26-38)43-52(42-50,48-39-27-19-33(3)20-28-39)49-40-29-21-34(4)22-30-40/h31-40H,5-30H2,1-4H3. The first-order chi connectivity index (χ1) is 25.2. The summed E-state index contributed by atoms with van der Waals surface area (Å²) in [5.74, 6) is 2.84. The molecular weight excluding hydrogens is 711 g/mol. The maximum Gasteiger partial charge on any atom is 0.349 e. The van der Waals surface area contributed by atoms with Crippen LogP contribution in [0.25, 0.3) is 0 Å². The van der Waals surface area contributed by atoms with Gasteiger partial charge in [-0.25, -0.2) is 0 Å². The molecule has 0 radical (unpaired) electrons. The summed E-state index contributed by atoms with van der Waals surface area (Å²) in [7, 11) is -10.0. The van der Waals surface area contributed by atoms with Crippen molar-refractivity contribution in [3.8, 4) is 0 Å². The molecule has 6 saturated carbocycles. The van der Waals surface area contributed by atoms with E-state index in [4.69, 9.17) is 40.7 Å². The van der Waals surface area contributed by atoms with Crippen molar-refractivity contribution in [2.24, 2.45) is 37.2 Å². The summed E-state index contributed by atoms with van der Waals surface area (Å²) in [5, 5.41) is 0. The summed E-state index contributed by atoms with van der Waals surface area (Å²) in [5.41, 5.74) is 0. The van der Waals surface area contributed by atoms with E-state index < -0.39 is 23.0 Å². The van der Waals surface area contributed by atoms with Gasteiger partial charge in [0.15, 0.2) is 0 Å². The van der Waals surface area contributed by atoms with Crippen molar-refractivity contribution >= 4 is 23.0 Å². The summed E-state index contributed by atoms with van der Waals surface area (Å²) < 4.78 is 61.7. The van der Waals surface area contributed by atoms with Crippen molar-refractivity contribution in [2.75, 3.05) is 0 Å². The lowest BCUT2D eigenvalue weighted by atomic mass is 9.89. The molecule has 2 unspecified atom stereocenters. The Bertz CT molecular complexity index is 1210. The maximum atomic E-state index is 7.43. The molecule has 0 aromatic rings. The van der Waals surface area contributed by atoms with Crippen LogP contribution in [0.5, 0.6) is 0 Å². The molecule has 12 heteroatoms. The molecular formula is C40H74N3O6P3. The third-order valence-electron chi connectivity index (χ3n) is 13.4. The van der Waals surface area contributed by atoms with Crippen LogP contribution < -0.4 is 0 Å². The molecule has 9 nitrogen and oxygen atoms in total. The van der Waals surface area contributed by atoms with Gasteiger partial charge in [-0.05, 0) is 152 Å². The van der Waals surface area contributed by atoms with Crippen LogP contribution in [-0.4, -0.2) is 36.6 Å². The lowest BCUT2D eigenvalue weighted by Gasteiger charge is -2.42. The molecule has 1 aliphatic heterocycles.